The number of rotatable bonds is 7. The quantitative estimate of drug-likeness (QED) is 0.497. The van der Waals surface area contributed by atoms with E-state index in [2.05, 4.69) is 15.3 Å². The Bertz CT molecular complexity index is 1220. The maximum Gasteiger partial charge on any atom is 0.309 e. The van der Waals surface area contributed by atoms with Crippen LogP contribution in [0.15, 0.2) is 42.6 Å². The van der Waals surface area contributed by atoms with Crippen LogP contribution in [0.5, 0.6) is 5.75 Å². The minimum atomic E-state index is -3.62. The second kappa shape index (κ2) is 8.58. The van der Waals surface area contributed by atoms with E-state index in [0.717, 1.165) is 55.0 Å². The van der Waals surface area contributed by atoms with Crippen molar-refractivity contribution in [3.8, 4) is 16.9 Å². The minimum Gasteiger partial charge on any atom is -0.382 e. The van der Waals surface area contributed by atoms with Crippen LogP contribution in [0.1, 0.15) is 44.9 Å². The fourth-order valence-corrected chi connectivity index (χ4v) is 5.81. The third-order valence-corrected chi connectivity index (χ3v) is 7.61. The van der Waals surface area contributed by atoms with Gasteiger partial charge in [0.15, 0.2) is 0 Å². The number of anilines is 1. The molecule has 2 aliphatic rings. The maximum absolute atomic E-state index is 12.5. The summed E-state index contributed by atoms with van der Waals surface area (Å²) in [6.45, 7) is 0. The average molecular weight is 454 g/mol. The first-order chi connectivity index (χ1) is 15.5. The van der Waals surface area contributed by atoms with Gasteiger partial charge in [-0.05, 0) is 67.0 Å². The smallest absolute Gasteiger partial charge is 0.309 e. The third kappa shape index (κ3) is 4.80. The van der Waals surface area contributed by atoms with Crippen molar-refractivity contribution in [2.75, 3.05) is 11.1 Å². The molecular weight excluding hydrogens is 426 g/mol. The van der Waals surface area contributed by atoms with Crippen molar-refractivity contribution in [2.45, 2.75) is 44.9 Å². The van der Waals surface area contributed by atoms with Crippen molar-refractivity contribution < 1.29 is 17.4 Å². The first-order valence-corrected chi connectivity index (χ1v) is 12.9. The number of carbonyl (C=O) groups excluding carboxylic acids is 1. The second-order valence-corrected chi connectivity index (χ2v) is 10.5. The number of hydrogen-bond acceptors (Lipinski definition) is 5. The largest absolute Gasteiger partial charge is 0.382 e. The Labute approximate surface area is 187 Å². The molecule has 8 heteroatoms. The molecule has 0 saturated heterocycles. The molecule has 0 radical (unpaired) electrons. The predicted molar refractivity (Wildman–Crippen MR) is 124 cm³/mol. The standard InChI is InChI=1S/C24H27N3O4S/c28-24(18-6-7-18)27-22-14-21(20-12-13-25-23(20)26-22)17-8-10-19(11-9-17)31-32(29,30)15-16-4-2-1-3-5-16/h8-14,16,18H,1-7,15H2,(H2,25,26,27,28). The molecule has 2 N–H and O–H groups in total. The van der Waals surface area contributed by atoms with Crippen molar-refractivity contribution in [3.05, 3.63) is 42.6 Å². The monoisotopic (exact) mass is 453 g/mol. The molecule has 1 aromatic carbocycles. The van der Waals surface area contributed by atoms with E-state index >= 15 is 0 Å². The number of nitrogens with zero attached hydrogens (tertiary/aromatic N) is 1. The Morgan fingerprint density at radius 2 is 1.81 bits per heavy atom. The van der Waals surface area contributed by atoms with Gasteiger partial charge in [-0.15, -0.1) is 0 Å². The van der Waals surface area contributed by atoms with Crippen molar-refractivity contribution in [1.29, 1.82) is 0 Å². The van der Waals surface area contributed by atoms with Gasteiger partial charge in [-0.1, -0.05) is 31.4 Å². The van der Waals surface area contributed by atoms with Gasteiger partial charge in [0.1, 0.15) is 17.2 Å². The Hall–Kier alpha value is -2.87. The van der Waals surface area contributed by atoms with E-state index in [1.54, 1.807) is 12.1 Å². The zero-order valence-corrected chi connectivity index (χ0v) is 18.7. The molecule has 1 amide bonds. The van der Waals surface area contributed by atoms with E-state index in [4.69, 9.17) is 4.18 Å². The third-order valence-electron chi connectivity index (χ3n) is 6.28. The van der Waals surface area contributed by atoms with Crippen LogP contribution in [0.2, 0.25) is 0 Å². The topological polar surface area (TPSA) is 101 Å². The number of hydrogen-bond donors (Lipinski definition) is 2. The van der Waals surface area contributed by atoms with E-state index in [-0.39, 0.29) is 23.5 Å². The molecule has 2 saturated carbocycles. The number of aromatic amines is 1. The Balaban J connectivity index is 1.35. The van der Waals surface area contributed by atoms with Gasteiger partial charge in [-0.3, -0.25) is 4.79 Å². The molecule has 0 aliphatic heterocycles. The Morgan fingerprint density at radius 3 is 2.53 bits per heavy atom. The van der Waals surface area contributed by atoms with Gasteiger partial charge < -0.3 is 14.5 Å². The number of H-pyrrole nitrogens is 1. The lowest BCUT2D eigenvalue weighted by Crippen LogP contribution is -2.22. The number of aromatic nitrogens is 2. The lowest BCUT2D eigenvalue weighted by molar-refractivity contribution is -0.117. The van der Waals surface area contributed by atoms with Crippen LogP contribution in [0.25, 0.3) is 22.2 Å². The lowest BCUT2D eigenvalue weighted by Gasteiger charge is -2.21. The summed E-state index contributed by atoms with van der Waals surface area (Å²) >= 11 is 0. The van der Waals surface area contributed by atoms with Gasteiger partial charge in [0.25, 0.3) is 0 Å². The van der Waals surface area contributed by atoms with Crippen LogP contribution in [-0.2, 0) is 14.9 Å². The molecule has 7 nitrogen and oxygen atoms in total. The number of nitrogens with one attached hydrogen (secondary N) is 2. The van der Waals surface area contributed by atoms with Gasteiger partial charge in [0.05, 0.1) is 5.75 Å². The SMILES string of the molecule is O=C(Nc1cc(-c2ccc(OS(=O)(=O)CC3CCCCC3)cc2)c2cc[nH]c2n1)C1CC1. The number of fused-ring (bicyclic) bond motifs is 1. The zero-order valence-electron chi connectivity index (χ0n) is 17.8. The van der Waals surface area contributed by atoms with Crippen molar-refractivity contribution in [3.63, 3.8) is 0 Å². The molecule has 32 heavy (non-hydrogen) atoms. The summed E-state index contributed by atoms with van der Waals surface area (Å²) in [5.41, 5.74) is 2.47. The zero-order chi connectivity index (χ0) is 22.1. The predicted octanol–water partition coefficient (Wildman–Crippen LogP) is 4.87. The molecule has 0 unspecified atom stereocenters. The van der Waals surface area contributed by atoms with Gasteiger partial charge in [-0.25, -0.2) is 4.98 Å². The highest BCUT2D eigenvalue weighted by molar-refractivity contribution is 7.87. The summed E-state index contributed by atoms with van der Waals surface area (Å²) in [5, 5.41) is 3.83. The van der Waals surface area contributed by atoms with Crippen LogP contribution in [0.4, 0.5) is 5.82 Å². The van der Waals surface area contributed by atoms with Gasteiger partial charge in [0.2, 0.25) is 5.91 Å². The van der Waals surface area contributed by atoms with Crippen LogP contribution in [0.3, 0.4) is 0 Å². The molecule has 2 aliphatic carbocycles. The van der Waals surface area contributed by atoms with Gasteiger partial charge in [-0.2, -0.15) is 8.42 Å². The number of carbonyl (C=O) groups is 1. The Morgan fingerprint density at radius 1 is 1.06 bits per heavy atom. The summed E-state index contributed by atoms with van der Waals surface area (Å²) in [6.07, 6.45) is 8.95. The minimum absolute atomic E-state index is 0.00118. The van der Waals surface area contributed by atoms with Crippen LogP contribution >= 0.6 is 0 Å². The van der Waals surface area contributed by atoms with Crippen LogP contribution < -0.4 is 9.50 Å². The average Bonchev–Trinajstić information content (AvgIpc) is 3.52. The van der Waals surface area contributed by atoms with Gasteiger partial charge in [0, 0.05) is 17.5 Å². The molecule has 2 fully saturated rings. The lowest BCUT2D eigenvalue weighted by atomic mass is 9.91. The summed E-state index contributed by atoms with van der Waals surface area (Å²) in [4.78, 5) is 19.8. The van der Waals surface area contributed by atoms with Crippen molar-refractivity contribution >= 4 is 32.9 Å². The van der Waals surface area contributed by atoms with Gasteiger partial charge >= 0.3 is 10.1 Å². The normalized spacial score (nSPS) is 17.4. The first-order valence-electron chi connectivity index (χ1n) is 11.3. The molecule has 168 valence electrons. The first kappa shape index (κ1) is 21.0. The van der Waals surface area contributed by atoms with Crippen LogP contribution in [0, 0.1) is 11.8 Å². The molecule has 0 spiro atoms. The fourth-order valence-electron chi connectivity index (χ4n) is 4.43. The molecular formula is C24H27N3O4S. The summed E-state index contributed by atoms with van der Waals surface area (Å²) < 4.78 is 30.4. The highest BCUT2D eigenvalue weighted by Crippen LogP contribution is 2.34. The molecule has 2 heterocycles. The molecule has 0 atom stereocenters. The van der Waals surface area contributed by atoms with Crippen LogP contribution in [-0.4, -0.2) is 30.0 Å². The number of pyridine rings is 1. The Kier molecular flexibility index (Phi) is 5.63. The van der Waals surface area contributed by atoms with E-state index in [1.807, 2.05) is 30.5 Å². The summed E-state index contributed by atoms with van der Waals surface area (Å²) in [5.74, 6) is 1.17. The van der Waals surface area contributed by atoms with Crippen molar-refractivity contribution in [2.24, 2.45) is 11.8 Å². The highest BCUT2D eigenvalue weighted by Gasteiger charge is 2.30. The molecule has 0 bridgehead atoms. The molecule has 5 rings (SSSR count). The van der Waals surface area contributed by atoms with E-state index in [0.29, 0.717) is 17.2 Å². The number of benzene rings is 1. The summed E-state index contributed by atoms with van der Waals surface area (Å²) in [7, 11) is -3.62. The molecule has 2 aromatic heterocycles. The number of amides is 1. The second-order valence-electron chi connectivity index (χ2n) is 8.89. The maximum atomic E-state index is 12.5. The molecule has 3 aromatic rings. The van der Waals surface area contributed by atoms with E-state index in [9.17, 15) is 13.2 Å². The highest BCUT2D eigenvalue weighted by atomic mass is 32.2. The van der Waals surface area contributed by atoms with E-state index in [1.165, 1.54) is 6.42 Å². The van der Waals surface area contributed by atoms with Crippen molar-refractivity contribution in [1.82, 2.24) is 9.97 Å². The summed E-state index contributed by atoms with van der Waals surface area (Å²) in [6, 6.07) is 10.8. The fraction of sp³-hybridized carbons (Fsp3) is 0.417. The van der Waals surface area contributed by atoms with E-state index < -0.39 is 10.1 Å².